The van der Waals surface area contributed by atoms with Crippen LogP contribution in [0.15, 0.2) is 53.6 Å². The Morgan fingerprint density at radius 3 is 2.59 bits per heavy atom. The highest BCUT2D eigenvalue weighted by atomic mass is 35.5. The summed E-state index contributed by atoms with van der Waals surface area (Å²) in [4.78, 5) is 2.21. The van der Waals surface area contributed by atoms with Crippen LogP contribution in [0.2, 0.25) is 5.02 Å². The van der Waals surface area contributed by atoms with Gasteiger partial charge in [-0.15, -0.1) is 0 Å². The Morgan fingerprint density at radius 1 is 1.11 bits per heavy atom. The number of hydrogen-bond acceptors (Lipinski definition) is 4. The van der Waals surface area contributed by atoms with Crippen molar-refractivity contribution in [1.29, 1.82) is 0 Å². The lowest BCUT2D eigenvalue weighted by Crippen LogP contribution is -2.20. The van der Waals surface area contributed by atoms with Crippen molar-refractivity contribution in [3.63, 3.8) is 0 Å². The largest absolute Gasteiger partial charge is 0.492 e. The first-order valence-corrected chi connectivity index (χ1v) is 10.6. The SMILES string of the molecule is CCc1ccc(S(=O)(=O)n2ccc3ccc(Cl)cc32)cc1OCCN(C)C. The molecule has 0 saturated carbocycles. The molecular weight excluding hydrogens is 384 g/mol. The monoisotopic (exact) mass is 406 g/mol. The minimum Gasteiger partial charge on any atom is -0.492 e. The van der Waals surface area contributed by atoms with Crippen molar-refractivity contribution in [2.75, 3.05) is 27.2 Å². The molecule has 0 N–H and O–H groups in total. The van der Waals surface area contributed by atoms with Crippen molar-refractivity contribution in [2.45, 2.75) is 18.2 Å². The number of halogens is 1. The third-order valence-corrected chi connectivity index (χ3v) is 6.31. The summed E-state index contributed by atoms with van der Waals surface area (Å²) in [5.74, 6) is 0.606. The van der Waals surface area contributed by atoms with Crippen LogP contribution in [0.25, 0.3) is 10.9 Å². The van der Waals surface area contributed by atoms with Gasteiger partial charge in [-0.05, 0) is 50.3 Å². The third-order valence-electron chi connectivity index (χ3n) is 4.39. The molecule has 0 bridgehead atoms. The Labute approximate surface area is 165 Å². The van der Waals surface area contributed by atoms with E-state index in [0.717, 1.165) is 23.9 Å². The van der Waals surface area contributed by atoms with E-state index in [9.17, 15) is 8.42 Å². The van der Waals surface area contributed by atoms with Crippen LogP contribution in [0.4, 0.5) is 0 Å². The maximum absolute atomic E-state index is 13.2. The van der Waals surface area contributed by atoms with Crippen molar-refractivity contribution in [2.24, 2.45) is 0 Å². The van der Waals surface area contributed by atoms with E-state index in [0.29, 0.717) is 22.9 Å². The molecule has 0 atom stereocenters. The Bertz CT molecular complexity index is 1060. The number of fused-ring (bicyclic) bond motifs is 1. The molecule has 7 heteroatoms. The molecule has 1 heterocycles. The van der Waals surface area contributed by atoms with Crippen LogP contribution in [0.1, 0.15) is 12.5 Å². The van der Waals surface area contributed by atoms with Crippen molar-refractivity contribution in [1.82, 2.24) is 8.87 Å². The Kier molecular flexibility index (Phi) is 5.79. The van der Waals surface area contributed by atoms with Gasteiger partial charge in [-0.25, -0.2) is 12.4 Å². The molecule has 27 heavy (non-hydrogen) atoms. The maximum Gasteiger partial charge on any atom is 0.268 e. The molecular formula is C20H23ClN2O3S. The molecule has 0 fully saturated rings. The second-order valence-corrected chi connectivity index (χ2v) is 8.85. The van der Waals surface area contributed by atoms with Gasteiger partial charge in [0.1, 0.15) is 12.4 Å². The average molecular weight is 407 g/mol. The third kappa shape index (κ3) is 4.13. The zero-order chi connectivity index (χ0) is 19.6. The zero-order valence-electron chi connectivity index (χ0n) is 15.6. The van der Waals surface area contributed by atoms with E-state index in [-0.39, 0.29) is 4.90 Å². The van der Waals surface area contributed by atoms with Gasteiger partial charge >= 0.3 is 0 Å². The average Bonchev–Trinajstić information content (AvgIpc) is 3.05. The molecule has 5 nitrogen and oxygen atoms in total. The van der Waals surface area contributed by atoms with Crippen LogP contribution in [0, 0.1) is 0 Å². The second-order valence-electron chi connectivity index (χ2n) is 6.59. The molecule has 0 spiro atoms. The van der Waals surface area contributed by atoms with Crippen LogP contribution < -0.4 is 4.74 Å². The first kappa shape index (κ1) is 19.7. The topological polar surface area (TPSA) is 51.5 Å². The molecule has 0 amide bonds. The molecule has 0 saturated heterocycles. The Balaban J connectivity index is 2.02. The zero-order valence-corrected chi connectivity index (χ0v) is 17.2. The molecule has 0 aliphatic carbocycles. The van der Waals surface area contributed by atoms with Crippen molar-refractivity contribution < 1.29 is 13.2 Å². The van der Waals surface area contributed by atoms with Crippen molar-refractivity contribution in [3.8, 4) is 5.75 Å². The lowest BCUT2D eigenvalue weighted by atomic mass is 10.1. The minimum absolute atomic E-state index is 0.192. The Morgan fingerprint density at radius 2 is 1.89 bits per heavy atom. The van der Waals surface area contributed by atoms with Gasteiger partial charge in [0, 0.05) is 29.2 Å². The summed E-state index contributed by atoms with van der Waals surface area (Å²) in [5.41, 5.74) is 1.53. The quantitative estimate of drug-likeness (QED) is 0.594. The van der Waals surface area contributed by atoms with Crippen LogP contribution in [0.5, 0.6) is 5.75 Å². The molecule has 144 valence electrons. The number of benzene rings is 2. The standard InChI is InChI=1S/C20H23ClN2O3S/c1-4-15-6-8-18(14-20(15)26-12-11-22(2)3)27(24,25)23-10-9-16-5-7-17(21)13-19(16)23/h5-10,13-14H,4,11-12H2,1-3H3. The highest BCUT2D eigenvalue weighted by molar-refractivity contribution is 7.90. The van der Waals surface area contributed by atoms with E-state index in [2.05, 4.69) is 0 Å². The fraction of sp³-hybridized carbons (Fsp3) is 0.300. The highest BCUT2D eigenvalue weighted by Crippen LogP contribution is 2.28. The molecule has 0 aliphatic rings. The summed E-state index contributed by atoms with van der Waals surface area (Å²) < 4.78 is 33.5. The summed E-state index contributed by atoms with van der Waals surface area (Å²) in [6.45, 7) is 3.26. The highest BCUT2D eigenvalue weighted by Gasteiger charge is 2.21. The van der Waals surface area contributed by atoms with Gasteiger partial charge in [0.05, 0.1) is 10.4 Å². The van der Waals surface area contributed by atoms with Crippen LogP contribution >= 0.6 is 11.6 Å². The van der Waals surface area contributed by atoms with Gasteiger partial charge in [0.2, 0.25) is 0 Å². The first-order valence-electron chi connectivity index (χ1n) is 8.75. The van der Waals surface area contributed by atoms with E-state index >= 15 is 0 Å². The summed E-state index contributed by atoms with van der Waals surface area (Å²) in [7, 11) is 0.171. The summed E-state index contributed by atoms with van der Waals surface area (Å²) in [6, 6.07) is 12.0. The van der Waals surface area contributed by atoms with Crippen LogP contribution in [-0.2, 0) is 16.4 Å². The molecule has 0 radical (unpaired) electrons. The Hall–Kier alpha value is -2.02. The number of nitrogens with zero attached hydrogens (tertiary/aromatic N) is 2. The number of ether oxygens (including phenoxy) is 1. The van der Waals surface area contributed by atoms with Gasteiger partial charge < -0.3 is 9.64 Å². The molecule has 2 aromatic carbocycles. The normalized spacial score (nSPS) is 12.0. The molecule has 1 aromatic heterocycles. The fourth-order valence-corrected chi connectivity index (χ4v) is 4.39. The molecule has 3 aromatic rings. The van der Waals surface area contributed by atoms with Crippen molar-refractivity contribution >= 4 is 32.5 Å². The van der Waals surface area contributed by atoms with Crippen molar-refractivity contribution in [3.05, 3.63) is 59.2 Å². The number of aromatic nitrogens is 1. The lowest BCUT2D eigenvalue weighted by Gasteiger charge is -2.15. The number of rotatable bonds is 7. The van der Waals surface area contributed by atoms with E-state index in [1.54, 1.807) is 42.6 Å². The minimum atomic E-state index is -3.76. The van der Waals surface area contributed by atoms with Gasteiger partial charge in [-0.1, -0.05) is 30.7 Å². The van der Waals surface area contributed by atoms with E-state index in [1.807, 2.05) is 32.0 Å². The molecule has 3 rings (SSSR count). The summed E-state index contributed by atoms with van der Waals surface area (Å²) >= 11 is 6.06. The number of likely N-dealkylation sites (N-methyl/N-ethyl adjacent to an activating group) is 1. The molecule has 0 unspecified atom stereocenters. The predicted octanol–water partition coefficient (Wildman–Crippen LogP) is 4.03. The van der Waals surface area contributed by atoms with Crippen LogP contribution in [0.3, 0.4) is 0 Å². The van der Waals surface area contributed by atoms with Gasteiger partial charge in [0.15, 0.2) is 0 Å². The fourth-order valence-electron chi connectivity index (χ4n) is 2.86. The van der Waals surface area contributed by atoms with E-state index < -0.39 is 10.0 Å². The van der Waals surface area contributed by atoms with Gasteiger partial charge in [0.25, 0.3) is 10.0 Å². The van der Waals surface area contributed by atoms with Gasteiger partial charge in [-0.3, -0.25) is 0 Å². The lowest BCUT2D eigenvalue weighted by molar-refractivity contribution is 0.259. The van der Waals surface area contributed by atoms with Gasteiger partial charge in [-0.2, -0.15) is 0 Å². The van der Waals surface area contributed by atoms with Crippen LogP contribution in [-0.4, -0.2) is 44.5 Å². The number of aryl methyl sites for hydroxylation is 1. The second kappa shape index (κ2) is 7.92. The van der Waals surface area contributed by atoms with E-state index in [4.69, 9.17) is 16.3 Å². The first-order chi connectivity index (χ1) is 12.8. The van der Waals surface area contributed by atoms with E-state index in [1.165, 1.54) is 3.97 Å². The number of hydrogen-bond donors (Lipinski definition) is 0. The molecule has 0 aliphatic heterocycles. The summed E-state index contributed by atoms with van der Waals surface area (Å²) in [6.07, 6.45) is 2.32. The predicted molar refractivity (Wildman–Crippen MR) is 109 cm³/mol. The smallest absolute Gasteiger partial charge is 0.268 e. The summed E-state index contributed by atoms with van der Waals surface area (Å²) in [5, 5.41) is 1.31. The maximum atomic E-state index is 13.2.